The van der Waals surface area contributed by atoms with Gasteiger partial charge in [0.05, 0.1) is 25.5 Å². The van der Waals surface area contributed by atoms with Crippen LogP contribution in [0.5, 0.6) is 0 Å². The van der Waals surface area contributed by atoms with Crippen LogP contribution in [0.3, 0.4) is 0 Å². The summed E-state index contributed by atoms with van der Waals surface area (Å²) in [6.45, 7) is 7.72. The van der Waals surface area contributed by atoms with Crippen LogP contribution in [0, 0.1) is 0 Å². The minimum atomic E-state index is -0.426. The molecule has 0 saturated carbocycles. The molecule has 2 aliphatic rings. The van der Waals surface area contributed by atoms with Gasteiger partial charge in [-0.15, -0.1) is 0 Å². The highest BCUT2D eigenvalue weighted by atomic mass is 16.5. The molecule has 134 valence electrons. The fourth-order valence-electron chi connectivity index (χ4n) is 3.58. The van der Waals surface area contributed by atoms with Crippen molar-refractivity contribution in [3.63, 3.8) is 0 Å². The maximum absolute atomic E-state index is 6.00. The number of nitrogens with zero attached hydrogens (tertiary/aromatic N) is 4. The summed E-state index contributed by atoms with van der Waals surface area (Å²) < 4.78 is 16.9. The van der Waals surface area contributed by atoms with Crippen LogP contribution in [0.4, 0.5) is 5.82 Å². The number of ether oxygens (including phenoxy) is 2. The van der Waals surface area contributed by atoms with Crippen molar-refractivity contribution in [2.45, 2.75) is 26.1 Å². The van der Waals surface area contributed by atoms with E-state index in [4.69, 9.17) is 23.9 Å². The molecule has 5 rings (SSSR count). The molecule has 0 atom stereocenters. The fraction of sp³-hybridized carbons (Fsp3) is 0.421. The van der Waals surface area contributed by atoms with Crippen LogP contribution in [0.1, 0.15) is 25.1 Å². The van der Waals surface area contributed by atoms with Crippen molar-refractivity contribution in [1.82, 2.24) is 15.0 Å². The molecule has 0 unspecified atom stereocenters. The molecule has 1 aromatic carbocycles. The van der Waals surface area contributed by atoms with Crippen molar-refractivity contribution in [1.29, 1.82) is 0 Å². The zero-order chi connectivity index (χ0) is 17.7. The Morgan fingerprint density at radius 3 is 2.81 bits per heavy atom. The number of hydrogen-bond donors (Lipinski definition) is 0. The van der Waals surface area contributed by atoms with Crippen LogP contribution >= 0.6 is 0 Å². The predicted octanol–water partition coefficient (Wildman–Crippen LogP) is 2.89. The van der Waals surface area contributed by atoms with Crippen molar-refractivity contribution >= 4 is 16.9 Å². The van der Waals surface area contributed by atoms with Gasteiger partial charge in [-0.3, -0.25) is 0 Å². The van der Waals surface area contributed by atoms with Crippen molar-refractivity contribution in [3.8, 4) is 11.4 Å². The van der Waals surface area contributed by atoms with Crippen LogP contribution in [0.25, 0.3) is 22.5 Å². The van der Waals surface area contributed by atoms with E-state index in [1.807, 2.05) is 18.2 Å². The quantitative estimate of drug-likeness (QED) is 0.702. The van der Waals surface area contributed by atoms with E-state index in [2.05, 4.69) is 23.7 Å². The number of aromatic nitrogens is 3. The molecule has 0 radical (unpaired) electrons. The first kappa shape index (κ1) is 15.7. The average Bonchev–Trinajstić information content (AvgIpc) is 3.25. The Morgan fingerprint density at radius 1 is 1.12 bits per heavy atom. The Bertz CT molecular complexity index is 976. The molecule has 2 aromatic heterocycles. The first-order chi connectivity index (χ1) is 12.6. The number of morpholine rings is 1. The number of fused-ring (bicyclic) bond motifs is 2. The smallest absolute Gasteiger partial charge is 0.181 e. The Morgan fingerprint density at radius 2 is 1.96 bits per heavy atom. The van der Waals surface area contributed by atoms with Gasteiger partial charge in [-0.1, -0.05) is 0 Å². The monoisotopic (exact) mass is 352 g/mol. The van der Waals surface area contributed by atoms with Gasteiger partial charge in [-0.25, -0.2) is 15.0 Å². The van der Waals surface area contributed by atoms with E-state index in [9.17, 15) is 0 Å². The summed E-state index contributed by atoms with van der Waals surface area (Å²) >= 11 is 0. The number of rotatable bonds is 2. The third-order valence-corrected chi connectivity index (χ3v) is 5.03. The minimum absolute atomic E-state index is 0.426. The van der Waals surface area contributed by atoms with Gasteiger partial charge >= 0.3 is 0 Å². The molecule has 0 N–H and O–H groups in total. The molecule has 1 saturated heterocycles. The van der Waals surface area contributed by atoms with Gasteiger partial charge in [0.15, 0.2) is 17.8 Å². The maximum Gasteiger partial charge on any atom is 0.181 e. The summed E-state index contributed by atoms with van der Waals surface area (Å²) in [6.07, 6.45) is 1.45. The molecule has 1 fully saturated rings. The van der Waals surface area contributed by atoms with Crippen molar-refractivity contribution in [2.75, 3.05) is 31.2 Å². The SMILES string of the molecule is CC1(C)OCc2c(N3CCOCC3)nc(-c3ccc4ncoc4c3)nc21. The van der Waals surface area contributed by atoms with E-state index in [-0.39, 0.29) is 0 Å². The van der Waals surface area contributed by atoms with Crippen LogP contribution < -0.4 is 4.90 Å². The highest BCUT2D eigenvalue weighted by Crippen LogP contribution is 2.40. The summed E-state index contributed by atoms with van der Waals surface area (Å²) in [4.78, 5) is 16.2. The zero-order valence-corrected chi connectivity index (χ0v) is 14.9. The Labute approximate surface area is 151 Å². The number of anilines is 1. The van der Waals surface area contributed by atoms with Gasteiger partial charge in [0.25, 0.3) is 0 Å². The average molecular weight is 352 g/mol. The summed E-state index contributed by atoms with van der Waals surface area (Å²) in [5.74, 6) is 1.64. The minimum Gasteiger partial charge on any atom is -0.443 e. The second-order valence-electron chi connectivity index (χ2n) is 7.13. The molecule has 0 aliphatic carbocycles. The summed E-state index contributed by atoms with van der Waals surface area (Å²) in [5, 5.41) is 0. The van der Waals surface area contributed by atoms with Gasteiger partial charge in [-0.2, -0.15) is 0 Å². The molecule has 0 spiro atoms. The summed E-state index contributed by atoms with van der Waals surface area (Å²) in [6, 6.07) is 5.86. The van der Waals surface area contributed by atoms with E-state index in [1.165, 1.54) is 6.39 Å². The lowest BCUT2D eigenvalue weighted by atomic mass is 10.0. The van der Waals surface area contributed by atoms with Gasteiger partial charge in [0.2, 0.25) is 0 Å². The molecule has 7 nitrogen and oxygen atoms in total. The summed E-state index contributed by atoms with van der Waals surface area (Å²) in [5.41, 5.74) is 4.09. The number of benzene rings is 1. The first-order valence-corrected chi connectivity index (χ1v) is 8.83. The predicted molar refractivity (Wildman–Crippen MR) is 95.9 cm³/mol. The lowest BCUT2D eigenvalue weighted by Crippen LogP contribution is -2.37. The highest BCUT2D eigenvalue weighted by molar-refractivity contribution is 5.78. The number of oxazole rings is 1. The van der Waals surface area contributed by atoms with E-state index < -0.39 is 5.60 Å². The molecule has 0 amide bonds. The Kier molecular flexibility index (Phi) is 3.48. The normalized spacial score (nSPS) is 19.1. The Hall–Kier alpha value is -2.51. The molecule has 4 heterocycles. The van der Waals surface area contributed by atoms with E-state index in [0.29, 0.717) is 25.6 Å². The molecule has 7 heteroatoms. The summed E-state index contributed by atoms with van der Waals surface area (Å²) in [7, 11) is 0. The lowest BCUT2D eigenvalue weighted by molar-refractivity contribution is -0.0100. The second-order valence-corrected chi connectivity index (χ2v) is 7.13. The largest absolute Gasteiger partial charge is 0.443 e. The van der Waals surface area contributed by atoms with E-state index >= 15 is 0 Å². The third-order valence-electron chi connectivity index (χ3n) is 5.03. The topological polar surface area (TPSA) is 73.5 Å². The van der Waals surface area contributed by atoms with Crippen LogP contribution in [0.2, 0.25) is 0 Å². The Balaban J connectivity index is 1.67. The van der Waals surface area contributed by atoms with Crippen LogP contribution in [-0.2, 0) is 21.7 Å². The number of hydrogen-bond acceptors (Lipinski definition) is 7. The van der Waals surface area contributed by atoms with Crippen molar-refractivity contribution in [2.24, 2.45) is 0 Å². The van der Waals surface area contributed by atoms with Gasteiger partial charge in [-0.05, 0) is 32.0 Å². The van der Waals surface area contributed by atoms with Crippen molar-refractivity contribution < 1.29 is 13.9 Å². The van der Waals surface area contributed by atoms with Crippen LogP contribution in [0.15, 0.2) is 29.0 Å². The fourth-order valence-corrected chi connectivity index (χ4v) is 3.58. The molecular weight excluding hydrogens is 332 g/mol. The second kappa shape index (κ2) is 5.75. The van der Waals surface area contributed by atoms with Crippen LogP contribution in [-0.4, -0.2) is 41.3 Å². The molecular formula is C19H20N4O3. The first-order valence-electron chi connectivity index (χ1n) is 8.83. The molecule has 0 bridgehead atoms. The highest BCUT2D eigenvalue weighted by Gasteiger charge is 2.37. The molecule has 26 heavy (non-hydrogen) atoms. The van der Waals surface area contributed by atoms with Gasteiger partial charge in [0, 0.05) is 24.2 Å². The third kappa shape index (κ3) is 2.47. The maximum atomic E-state index is 6.00. The standard InChI is InChI=1S/C19H20N4O3/c1-19(2)16-13(10-26-19)18(23-5-7-24-8-6-23)22-17(21-16)12-3-4-14-15(9-12)25-11-20-14/h3-4,9,11H,5-8,10H2,1-2H3. The molecule has 2 aliphatic heterocycles. The lowest BCUT2D eigenvalue weighted by Gasteiger charge is -2.29. The molecule has 3 aromatic rings. The van der Waals surface area contributed by atoms with E-state index in [0.717, 1.165) is 46.8 Å². The van der Waals surface area contributed by atoms with Gasteiger partial charge < -0.3 is 18.8 Å². The van der Waals surface area contributed by atoms with E-state index in [1.54, 1.807) is 0 Å². The van der Waals surface area contributed by atoms with Crippen molar-refractivity contribution in [3.05, 3.63) is 35.9 Å². The zero-order valence-electron chi connectivity index (χ0n) is 14.9. The van der Waals surface area contributed by atoms with Gasteiger partial charge in [0.1, 0.15) is 16.9 Å².